The zero-order valence-electron chi connectivity index (χ0n) is 2.76. The van der Waals surface area contributed by atoms with Gasteiger partial charge in [-0.25, -0.2) is 0 Å². The number of rotatable bonds is 1. The fourth-order valence-corrected chi connectivity index (χ4v) is 0. The van der Waals surface area contributed by atoms with Crippen LogP contribution in [0.3, 0.4) is 0 Å². The second-order valence-electron chi connectivity index (χ2n) is 0.471. The van der Waals surface area contributed by atoms with Crippen molar-refractivity contribution in [1.82, 2.24) is 0 Å². The third-order valence-electron chi connectivity index (χ3n) is 0.136. The maximum absolute atomic E-state index is 4.85. The topological polar surface area (TPSA) is 52.0 Å². The molecule has 0 saturated carbocycles. The van der Waals surface area contributed by atoms with E-state index < -0.39 is 0 Å². The van der Waals surface area contributed by atoms with Gasteiger partial charge in [0.2, 0.25) is 0 Å². The van der Waals surface area contributed by atoms with Crippen molar-refractivity contribution in [2.45, 2.75) is 7.43 Å². The van der Waals surface area contributed by atoms with Gasteiger partial charge >= 0.3 is 0 Å². The molecule has 0 aromatic heterocycles. The van der Waals surface area contributed by atoms with E-state index in [1.54, 1.807) is 0 Å². The van der Waals surface area contributed by atoms with Crippen LogP contribution in [-0.2, 0) is 20.4 Å². The summed E-state index contributed by atoms with van der Waals surface area (Å²) in [5.41, 5.74) is 9.62. The van der Waals surface area contributed by atoms with Crippen molar-refractivity contribution in [3.63, 3.8) is 0 Å². The predicted octanol–water partition coefficient (Wildman–Crippen LogP) is -0.301. The maximum Gasteiger partial charge on any atom is 0 e. The molecule has 3 heteroatoms. The van der Waals surface area contributed by atoms with Crippen molar-refractivity contribution in [1.29, 1.82) is 0 Å². The molecule has 0 atom stereocenters. The van der Waals surface area contributed by atoms with E-state index in [9.17, 15) is 0 Å². The molecule has 0 saturated heterocycles. The fraction of sp³-hybridized carbons (Fsp3) is 0.667. The normalized spacial score (nSPS) is 5.00. The molecule has 0 bridgehead atoms. The van der Waals surface area contributed by atoms with Gasteiger partial charge < -0.3 is 11.5 Å². The summed E-state index contributed by atoms with van der Waals surface area (Å²) in [5.74, 6) is 0. The molecule has 0 aromatic carbocycles. The van der Waals surface area contributed by atoms with Crippen LogP contribution in [0.1, 0.15) is 7.43 Å². The molecule has 0 aliphatic heterocycles. The molecule has 44 valence electrons. The Labute approximate surface area is 52.9 Å². The first-order chi connectivity index (χ1) is 1.91. The first-order valence-electron chi connectivity index (χ1n) is 1.15. The minimum Gasteiger partial charge on any atom is -0.482 e. The Morgan fingerprint density at radius 2 is 1.67 bits per heavy atom. The van der Waals surface area contributed by atoms with Crippen molar-refractivity contribution in [2.24, 2.45) is 11.5 Å². The van der Waals surface area contributed by atoms with Crippen LogP contribution in [0.4, 0.5) is 0 Å². The molecule has 6 heavy (non-hydrogen) atoms. The van der Waals surface area contributed by atoms with E-state index in [1.807, 2.05) is 0 Å². The first kappa shape index (κ1) is 16.0. The molecule has 0 radical (unpaired) electrons. The molecule has 0 fully saturated rings. The summed E-state index contributed by atoms with van der Waals surface area (Å²) >= 11 is 0. The van der Waals surface area contributed by atoms with Gasteiger partial charge in [-0.1, -0.05) is 7.43 Å². The smallest absolute Gasteiger partial charge is 0 e. The van der Waals surface area contributed by atoms with Gasteiger partial charge in [0.1, 0.15) is 0 Å². The summed E-state index contributed by atoms with van der Waals surface area (Å²) in [6.07, 6.45) is 0. The van der Waals surface area contributed by atoms with Gasteiger partial charge in [-0.2, -0.15) is 0 Å². The van der Waals surface area contributed by atoms with E-state index in [1.165, 1.54) is 6.54 Å². The zero-order chi connectivity index (χ0) is 3.41. The Balaban J connectivity index is -0.0000000450. The van der Waals surface area contributed by atoms with E-state index in [0.29, 0.717) is 6.54 Å². The van der Waals surface area contributed by atoms with Gasteiger partial charge in [-0.15, -0.1) is 6.54 Å². The number of hydrogen-bond donors (Lipinski definition) is 2. The second kappa shape index (κ2) is 17.6. The third-order valence-corrected chi connectivity index (χ3v) is 0.136. The van der Waals surface area contributed by atoms with Crippen LogP contribution in [-0.4, -0.2) is 6.54 Å². The van der Waals surface area contributed by atoms with E-state index in [4.69, 9.17) is 11.5 Å². The van der Waals surface area contributed by atoms with Crippen LogP contribution in [0.2, 0.25) is 0 Å². The van der Waals surface area contributed by atoms with Gasteiger partial charge in [0.15, 0.2) is 0 Å². The molecule has 2 nitrogen and oxygen atoms in total. The van der Waals surface area contributed by atoms with Crippen LogP contribution in [0.25, 0.3) is 0 Å². The molecule has 0 heterocycles. The third kappa shape index (κ3) is 23.5. The van der Waals surface area contributed by atoms with Crippen LogP contribution in [0, 0.1) is 6.54 Å². The average molecular weight is 182 g/mol. The molecule has 4 N–H and O–H groups in total. The summed E-state index contributed by atoms with van der Waals surface area (Å²) < 4.78 is 0. The molecule has 0 unspecified atom stereocenters. The molecule has 0 aliphatic carbocycles. The molecule has 0 aromatic rings. The van der Waals surface area contributed by atoms with Crippen LogP contribution in [0.15, 0.2) is 0 Å². The standard InChI is InChI=1S/C2H7N2.CH4.Pd/c3-1-2-4;;/h1H,2-4H2;1H4;/q-1;;. The SMILES string of the molecule is C.N[CH-]CN.[Pd]. The largest absolute Gasteiger partial charge is 0.482 e. The monoisotopic (exact) mass is 181 g/mol. The van der Waals surface area contributed by atoms with Gasteiger partial charge in [-0.3, -0.25) is 6.54 Å². The van der Waals surface area contributed by atoms with Crippen LogP contribution < -0.4 is 11.5 Å². The summed E-state index contributed by atoms with van der Waals surface area (Å²) in [6.45, 7) is 1.88. The Hall–Kier alpha value is 0.582. The van der Waals surface area contributed by atoms with E-state index in [-0.39, 0.29) is 27.8 Å². The minimum absolute atomic E-state index is 0. The second-order valence-corrected chi connectivity index (χ2v) is 0.471. The average Bonchev–Trinajstić information content (AvgIpc) is 1.37. The van der Waals surface area contributed by atoms with E-state index in [2.05, 4.69) is 0 Å². The molecular formula is C3H11N2Pd-. The first-order valence-corrected chi connectivity index (χ1v) is 1.15. The summed E-state index contributed by atoms with van der Waals surface area (Å²) in [5, 5.41) is 0. The number of nitrogens with two attached hydrogens (primary N) is 2. The van der Waals surface area contributed by atoms with Crippen LogP contribution >= 0.6 is 0 Å². The number of hydrogen-bond acceptors (Lipinski definition) is 2. The quantitative estimate of drug-likeness (QED) is 0.431. The Morgan fingerprint density at radius 3 is 1.67 bits per heavy atom. The van der Waals surface area contributed by atoms with Crippen molar-refractivity contribution in [2.75, 3.05) is 6.54 Å². The molecule has 0 rings (SSSR count). The Kier molecular flexibility index (Phi) is 46.8. The maximum atomic E-state index is 4.85. The van der Waals surface area contributed by atoms with Gasteiger partial charge in [-0.05, 0) is 0 Å². The molecule has 0 amide bonds. The molecular weight excluding hydrogens is 170 g/mol. The van der Waals surface area contributed by atoms with Crippen molar-refractivity contribution in [3.05, 3.63) is 6.54 Å². The fourth-order valence-electron chi connectivity index (χ4n) is 0. The Morgan fingerprint density at radius 1 is 1.50 bits per heavy atom. The van der Waals surface area contributed by atoms with Crippen molar-refractivity contribution < 1.29 is 20.4 Å². The van der Waals surface area contributed by atoms with E-state index in [0.717, 1.165) is 0 Å². The minimum atomic E-state index is 0. The van der Waals surface area contributed by atoms with Gasteiger partial charge in [0, 0.05) is 20.4 Å². The Bertz CT molecular complexity index is 10.8. The summed E-state index contributed by atoms with van der Waals surface area (Å²) in [4.78, 5) is 0. The molecule has 0 spiro atoms. The summed E-state index contributed by atoms with van der Waals surface area (Å²) in [6, 6.07) is 0. The predicted molar refractivity (Wildman–Crippen MR) is 24.3 cm³/mol. The van der Waals surface area contributed by atoms with Crippen LogP contribution in [0.5, 0.6) is 0 Å². The van der Waals surface area contributed by atoms with E-state index >= 15 is 0 Å². The van der Waals surface area contributed by atoms with Gasteiger partial charge in [0.05, 0.1) is 0 Å². The summed E-state index contributed by atoms with van der Waals surface area (Å²) in [7, 11) is 0. The zero-order valence-corrected chi connectivity index (χ0v) is 4.31. The van der Waals surface area contributed by atoms with Gasteiger partial charge in [0.25, 0.3) is 0 Å². The van der Waals surface area contributed by atoms with Crippen molar-refractivity contribution in [3.8, 4) is 0 Å². The van der Waals surface area contributed by atoms with Crippen molar-refractivity contribution >= 4 is 0 Å². The molecule has 0 aliphatic rings.